The summed E-state index contributed by atoms with van der Waals surface area (Å²) in [5, 5.41) is 0. The van der Waals surface area contributed by atoms with E-state index in [-0.39, 0.29) is 0 Å². The van der Waals surface area contributed by atoms with Crippen molar-refractivity contribution in [3.05, 3.63) is 23.9 Å². The Hall–Kier alpha value is -0.720. The molecule has 0 aliphatic rings. The highest BCUT2D eigenvalue weighted by atomic mass is 15.1. The molecule has 0 amide bonds. The normalized spacial score (nSPS) is 15.6. The molecule has 0 aliphatic heterocycles. The van der Waals surface area contributed by atoms with Crippen LogP contribution in [0, 0.1) is 11.8 Å². The summed E-state index contributed by atoms with van der Waals surface area (Å²) in [6.07, 6.45) is 25.9. The zero-order valence-corrected chi connectivity index (χ0v) is 21.3. The fourth-order valence-corrected chi connectivity index (χ4v) is 4.30. The van der Waals surface area contributed by atoms with E-state index in [2.05, 4.69) is 71.8 Å². The lowest BCUT2D eigenvalue weighted by Gasteiger charge is -2.27. The second-order valence-electron chi connectivity index (χ2n) is 9.75. The Kier molecular flexibility index (Phi) is 18.8. The highest BCUT2D eigenvalue weighted by Gasteiger charge is 2.11. The topological polar surface area (TPSA) is 3.24 Å². The standard InChI is InChI=1S/C28H55N/c1-8-11-12-13-14-15-21-28(22-17-16-20-25(4)18-9-2)24-29(7)27(6)23-26(5)19-10-3/h16-17,24-27H,8-15,18-23H2,1-7H3/b17-16-,28-24-. The fraction of sp³-hybridized carbons (Fsp3) is 0.857. The molecule has 3 atom stereocenters. The van der Waals surface area contributed by atoms with E-state index in [4.69, 9.17) is 0 Å². The van der Waals surface area contributed by atoms with Crippen LogP contribution in [0.5, 0.6) is 0 Å². The van der Waals surface area contributed by atoms with Crippen LogP contribution in [0.2, 0.25) is 0 Å². The number of rotatable bonds is 19. The number of hydrogen-bond acceptors (Lipinski definition) is 1. The number of allylic oxidation sites excluding steroid dienone is 3. The maximum Gasteiger partial charge on any atom is 0.0255 e. The number of unbranched alkanes of at least 4 members (excludes halogenated alkanes) is 5. The minimum Gasteiger partial charge on any atom is -0.378 e. The fourth-order valence-electron chi connectivity index (χ4n) is 4.30. The van der Waals surface area contributed by atoms with Crippen molar-refractivity contribution in [1.29, 1.82) is 0 Å². The molecule has 0 aromatic carbocycles. The van der Waals surface area contributed by atoms with Gasteiger partial charge in [0.1, 0.15) is 0 Å². The average molecular weight is 406 g/mol. The predicted octanol–water partition coefficient (Wildman–Crippen LogP) is 9.54. The van der Waals surface area contributed by atoms with E-state index in [1.165, 1.54) is 83.5 Å². The second kappa shape index (κ2) is 19.3. The van der Waals surface area contributed by atoms with Crippen LogP contribution >= 0.6 is 0 Å². The lowest BCUT2D eigenvalue weighted by Crippen LogP contribution is -2.26. The third-order valence-electron chi connectivity index (χ3n) is 6.32. The molecule has 1 heteroatoms. The summed E-state index contributed by atoms with van der Waals surface area (Å²) in [5.41, 5.74) is 1.62. The number of nitrogens with zero attached hydrogens (tertiary/aromatic N) is 1. The van der Waals surface area contributed by atoms with Crippen LogP contribution in [0.3, 0.4) is 0 Å². The van der Waals surface area contributed by atoms with Gasteiger partial charge >= 0.3 is 0 Å². The largest absolute Gasteiger partial charge is 0.378 e. The molecule has 0 rings (SSSR count). The summed E-state index contributed by atoms with van der Waals surface area (Å²) in [4.78, 5) is 2.49. The van der Waals surface area contributed by atoms with Crippen molar-refractivity contribution in [3.8, 4) is 0 Å². The van der Waals surface area contributed by atoms with Gasteiger partial charge in [0.15, 0.2) is 0 Å². The van der Waals surface area contributed by atoms with Gasteiger partial charge in [-0.2, -0.15) is 0 Å². The zero-order chi connectivity index (χ0) is 21.9. The summed E-state index contributed by atoms with van der Waals surface area (Å²) in [7, 11) is 2.29. The van der Waals surface area contributed by atoms with Gasteiger partial charge < -0.3 is 4.90 Å². The molecular formula is C28H55N. The summed E-state index contributed by atoms with van der Waals surface area (Å²) in [6.45, 7) is 14.1. The molecule has 0 spiro atoms. The summed E-state index contributed by atoms with van der Waals surface area (Å²) in [6, 6.07) is 0.629. The van der Waals surface area contributed by atoms with Crippen LogP contribution in [-0.2, 0) is 0 Å². The monoisotopic (exact) mass is 405 g/mol. The first kappa shape index (κ1) is 28.3. The van der Waals surface area contributed by atoms with Gasteiger partial charge in [0, 0.05) is 13.1 Å². The molecule has 0 aromatic heterocycles. The van der Waals surface area contributed by atoms with Gasteiger partial charge in [-0.05, 0) is 57.1 Å². The van der Waals surface area contributed by atoms with Crippen molar-refractivity contribution >= 4 is 0 Å². The molecule has 0 N–H and O–H groups in total. The van der Waals surface area contributed by atoms with E-state index in [1.54, 1.807) is 5.57 Å². The van der Waals surface area contributed by atoms with Gasteiger partial charge in [-0.15, -0.1) is 0 Å². The van der Waals surface area contributed by atoms with Gasteiger partial charge in [0.25, 0.3) is 0 Å². The Bertz CT molecular complexity index is 409. The zero-order valence-electron chi connectivity index (χ0n) is 21.3. The van der Waals surface area contributed by atoms with Crippen molar-refractivity contribution in [2.75, 3.05) is 7.05 Å². The molecule has 3 unspecified atom stereocenters. The van der Waals surface area contributed by atoms with Crippen LogP contribution in [0.15, 0.2) is 23.9 Å². The van der Waals surface area contributed by atoms with Crippen LogP contribution in [-0.4, -0.2) is 18.0 Å². The summed E-state index contributed by atoms with van der Waals surface area (Å²) in [5.74, 6) is 1.65. The van der Waals surface area contributed by atoms with E-state index >= 15 is 0 Å². The molecule has 172 valence electrons. The third-order valence-corrected chi connectivity index (χ3v) is 6.32. The van der Waals surface area contributed by atoms with Crippen LogP contribution in [0.1, 0.15) is 131 Å². The van der Waals surface area contributed by atoms with Gasteiger partial charge in [0.2, 0.25) is 0 Å². The van der Waals surface area contributed by atoms with E-state index in [1.807, 2.05) is 0 Å². The molecule has 0 bridgehead atoms. The third kappa shape index (κ3) is 16.7. The predicted molar refractivity (Wildman–Crippen MR) is 134 cm³/mol. The maximum atomic E-state index is 2.49. The lowest BCUT2D eigenvalue weighted by molar-refractivity contribution is 0.286. The van der Waals surface area contributed by atoms with E-state index in [9.17, 15) is 0 Å². The molecule has 1 nitrogen and oxygen atoms in total. The SMILES string of the molecule is CCCCCCCC/C(=C/N(C)C(C)CC(C)CCC)C/C=C\CC(C)CCC. The molecule has 0 radical (unpaired) electrons. The Balaban J connectivity index is 4.68. The molecule has 29 heavy (non-hydrogen) atoms. The van der Waals surface area contributed by atoms with Crippen molar-refractivity contribution in [2.24, 2.45) is 11.8 Å². The Morgan fingerprint density at radius 3 is 2.03 bits per heavy atom. The van der Waals surface area contributed by atoms with Gasteiger partial charge in [-0.25, -0.2) is 0 Å². The second-order valence-corrected chi connectivity index (χ2v) is 9.75. The Morgan fingerprint density at radius 2 is 1.38 bits per heavy atom. The maximum absolute atomic E-state index is 2.49. The molecule has 0 fully saturated rings. The van der Waals surface area contributed by atoms with Crippen molar-refractivity contribution in [2.45, 2.75) is 137 Å². The molecule has 0 saturated heterocycles. The number of hydrogen-bond donors (Lipinski definition) is 0. The molecule has 0 saturated carbocycles. The van der Waals surface area contributed by atoms with Gasteiger partial charge in [0.05, 0.1) is 0 Å². The van der Waals surface area contributed by atoms with E-state index < -0.39 is 0 Å². The highest BCUT2D eigenvalue weighted by Crippen LogP contribution is 2.20. The first-order chi connectivity index (χ1) is 13.9. The van der Waals surface area contributed by atoms with Crippen LogP contribution < -0.4 is 0 Å². The highest BCUT2D eigenvalue weighted by molar-refractivity contribution is 5.08. The van der Waals surface area contributed by atoms with Gasteiger partial charge in [-0.3, -0.25) is 0 Å². The first-order valence-corrected chi connectivity index (χ1v) is 13.0. The minimum atomic E-state index is 0.629. The lowest BCUT2D eigenvalue weighted by atomic mass is 9.97. The Labute approximate surface area is 185 Å². The van der Waals surface area contributed by atoms with E-state index in [0.717, 1.165) is 18.3 Å². The first-order valence-electron chi connectivity index (χ1n) is 13.0. The summed E-state index contributed by atoms with van der Waals surface area (Å²) >= 11 is 0. The van der Waals surface area contributed by atoms with E-state index in [0.29, 0.717) is 6.04 Å². The summed E-state index contributed by atoms with van der Waals surface area (Å²) < 4.78 is 0. The minimum absolute atomic E-state index is 0.629. The molecule has 0 aliphatic carbocycles. The smallest absolute Gasteiger partial charge is 0.0255 e. The molecule has 0 aromatic rings. The van der Waals surface area contributed by atoms with Crippen molar-refractivity contribution in [1.82, 2.24) is 4.90 Å². The van der Waals surface area contributed by atoms with Crippen LogP contribution in [0.4, 0.5) is 0 Å². The Morgan fingerprint density at radius 1 is 0.759 bits per heavy atom. The molecule has 0 heterocycles. The molecular weight excluding hydrogens is 350 g/mol. The van der Waals surface area contributed by atoms with Gasteiger partial charge in [-0.1, -0.05) is 110 Å². The van der Waals surface area contributed by atoms with Crippen LogP contribution in [0.25, 0.3) is 0 Å². The van der Waals surface area contributed by atoms with Crippen molar-refractivity contribution in [3.63, 3.8) is 0 Å². The average Bonchev–Trinajstić information content (AvgIpc) is 2.67. The van der Waals surface area contributed by atoms with Crippen molar-refractivity contribution < 1.29 is 0 Å². The quantitative estimate of drug-likeness (QED) is 0.153.